The molecule has 2 heteroatoms. The minimum absolute atomic E-state index is 0.656. The number of aromatic nitrogens is 1. The van der Waals surface area contributed by atoms with Gasteiger partial charge in [-0.3, -0.25) is 0 Å². The fourth-order valence-electron chi connectivity index (χ4n) is 10.3. The van der Waals surface area contributed by atoms with Gasteiger partial charge < -0.3 is 4.57 Å². The van der Waals surface area contributed by atoms with E-state index in [0.717, 1.165) is 5.56 Å². The summed E-state index contributed by atoms with van der Waals surface area (Å²) in [6.45, 7) is 7.42. The van der Waals surface area contributed by atoms with Gasteiger partial charge in [-0.05, 0) is 140 Å². The molecular weight excluding hydrogens is 737 g/mol. The van der Waals surface area contributed by atoms with Gasteiger partial charge in [0.2, 0.25) is 0 Å². The third-order valence-electron chi connectivity index (χ3n) is 13.1. The zero-order chi connectivity index (χ0) is 40.2. The van der Waals surface area contributed by atoms with Crippen LogP contribution >= 0.6 is 0 Å². The summed E-state index contributed by atoms with van der Waals surface area (Å²) in [5, 5.41) is 17.7. The molecule has 0 radical (unpaired) electrons. The first kappa shape index (κ1) is 33.7. The van der Waals surface area contributed by atoms with Crippen molar-refractivity contribution >= 4 is 92.1 Å². The van der Waals surface area contributed by atoms with Crippen LogP contribution in [0.25, 0.3) is 130 Å². The summed E-state index contributed by atoms with van der Waals surface area (Å²) in [6, 6.07) is 75.5. The number of fused-ring (bicyclic) bond motifs is 9. The van der Waals surface area contributed by atoms with E-state index < -0.39 is 0 Å². The minimum atomic E-state index is 0.656. The molecule has 0 fully saturated rings. The first-order valence-electron chi connectivity index (χ1n) is 20.9. The summed E-state index contributed by atoms with van der Waals surface area (Å²) >= 11 is 0. The molecule has 13 aromatic rings. The number of para-hydroxylation sites is 2. The van der Waals surface area contributed by atoms with Gasteiger partial charge in [-0.1, -0.05) is 164 Å². The van der Waals surface area contributed by atoms with Crippen LogP contribution in [0, 0.1) is 6.57 Å². The predicted octanol–water partition coefficient (Wildman–Crippen LogP) is 16.7. The van der Waals surface area contributed by atoms with Crippen LogP contribution < -0.4 is 0 Å². The van der Waals surface area contributed by atoms with Gasteiger partial charge in [0.1, 0.15) is 0 Å². The van der Waals surface area contributed by atoms with Crippen molar-refractivity contribution in [3.63, 3.8) is 0 Å². The Kier molecular flexibility index (Phi) is 7.11. The lowest BCUT2D eigenvalue weighted by atomic mass is 9.86. The van der Waals surface area contributed by atoms with Crippen LogP contribution in [0.3, 0.4) is 0 Å². The maximum absolute atomic E-state index is 7.42. The fourth-order valence-corrected chi connectivity index (χ4v) is 10.3. The lowest BCUT2D eigenvalue weighted by Crippen LogP contribution is -1.93. The third kappa shape index (κ3) is 4.96. The van der Waals surface area contributed by atoms with Crippen LogP contribution in [-0.2, 0) is 0 Å². The van der Waals surface area contributed by atoms with Crippen molar-refractivity contribution in [2.45, 2.75) is 0 Å². The molecule has 2 nitrogen and oxygen atoms in total. The van der Waals surface area contributed by atoms with E-state index in [1.165, 1.54) is 120 Å². The smallest absolute Gasteiger partial charge is 0.187 e. The molecule has 0 spiro atoms. The second-order valence-corrected chi connectivity index (χ2v) is 16.3. The SMILES string of the molecule is [C-]#[N+]c1ccc(-c2ccc3ccc4c(-c5cccc(-c6ccc7c(c6)c6ccccc6c6cc8c9ccccc9n(-c9ccccc9)c8cc76)c5)ccc5ccc2c3c54)cc1. The lowest BCUT2D eigenvalue weighted by molar-refractivity contribution is 1.18. The largest absolute Gasteiger partial charge is 0.309 e. The summed E-state index contributed by atoms with van der Waals surface area (Å²) in [5.41, 5.74) is 11.4. The van der Waals surface area contributed by atoms with E-state index in [0.29, 0.717) is 5.69 Å². The number of hydrogen-bond acceptors (Lipinski definition) is 0. The zero-order valence-corrected chi connectivity index (χ0v) is 33.0. The quantitative estimate of drug-likeness (QED) is 0.125. The fraction of sp³-hybridized carbons (Fsp3) is 0. The van der Waals surface area contributed by atoms with Crippen LogP contribution in [-0.4, -0.2) is 4.57 Å². The van der Waals surface area contributed by atoms with Crippen LogP contribution in [0.1, 0.15) is 0 Å². The molecule has 61 heavy (non-hydrogen) atoms. The Hall–Kier alpha value is -8.25. The summed E-state index contributed by atoms with van der Waals surface area (Å²) in [4.78, 5) is 3.61. The van der Waals surface area contributed by atoms with Gasteiger partial charge in [-0.25, -0.2) is 4.85 Å². The number of hydrogen-bond donors (Lipinski definition) is 0. The number of nitrogens with zero attached hydrogens (tertiary/aromatic N) is 2. The van der Waals surface area contributed by atoms with Crippen LogP contribution in [0.2, 0.25) is 0 Å². The van der Waals surface area contributed by atoms with E-state index >= 15 is 0 Å². The van der Waals surface area contributed by atoms with Crippen LogP contribution in [0.15, 0.2) is 206 Å². The van der Waals surface area contributed by atoms with Crippen molar-refractivity contribution in [2.24, 2.45) is 0 Å². The van der Waals surface area contributed by atoms with Crippen molar-refractivity contribution < 1.29 is 0 Å². The molecule has 12 aromatic carbocycles. The minimum Gasteiger partial charge on any atom is -0.309 e. The molecule has 0 atom stereocenters. The average Bonchev–Trinajstić information content (AvgIpc) is 3.66. The van der Waals surface area contributed by atoms with Gasteiger partial charge in [-0.2, -0.15) is 0 Å². The molecule has 0 saturated carbocycles. The Morgan fingerprint density at radius 1 is 0.311 bits per heavy atom. The molecule has 0 aliphatic heterocycles. The second kappa shape index (κ2) is 12.9. The summed E-state index contributed by atoms with van der Waals surface area (Å²) in [7, 11) is 0. The molecule has 0 amide bonds. The first-order valence-corrected chi connectivity index (χ1v) is 20.9. The van der Waals surface area contributed by atoms with Crippen molar-refractivity contribution in [1.29, 1.82) is 0 Å². The van der Waals surface area contributed by atoms with Crippen molar-refractivity contribution in [2.75, 3.05) is 0 Å². The van der Waals surface area contributed by atoms with Crippen molar-refractivity contribution in [3.8, 4) is 39.1 Å². The number of rotatable bonds is 4. The van der Waals surface area contributed by atoms with Crippen molar-refractivity contribution in [1.82, 2.24) is 4.57 Å². The molecule has 1 aromatic heterocycles. The van der Waals surface area contributed by atoms with Gasteiger partial charge in [0.25, 0.3) is 0 Å². The predicted molar refractivity (Wildman–Crippen MR) is 260 cm³/mol. The zero-order valence-electron chi connectivity index (χ0n) is 33.0. The van der Waals surface area contributed by atoms with Gasteiger partial charge >= 0.3 is 0 Å². The monoisotopic (exact) mass is 770 g/mol. The molecule has 0 saturated heterocycles. The van der Waals surface area contributed by atoms with E-state index in [4.69, 9.17) is 6.57 Å². The van der Waals surface area contributed by atoms with Gasteiger partial charge in [0.15, 0.2) is 5.69 Å². The molecule has 280 valence electrons. The molecule has 13 rings (SSSR count). The highest BCUT2D eigenvalue weighted by Crippen LogP contribution is 2.45. The highest BCUT2D eigenvalue weighted by atomic mass is 15.0. The van der Waals surface area contributed by atoms with Crippen LogP contribution in [0.5, 0.6) is 0 Å². The van der Waals surface area contributed by atoms with E-state index in [9.17, 15) is 0 Å². The van der Waals surface area contributed by atoms with E-state index in [1.807, 2.05) is 12.1 Å². The molecule has 0 aliphatic rings. The standard InChI is InChI=1S/C59H34N2/c1-60-42-25-18-36(19-26-42)44-27-20-37-23-31-51-45(28-21-38-22-30-50(44)58(37)59(38)51)41-11-9-10-39(32-41)40-24-29-48-52(33-40)46-14-5-6-15-47(46)53-34-55-49-16-7-8-17-56(49)61(57(55)35-54(48)53)43-12-3-2-4-13-43/h2-35H. The molecule has 0 bridgehead atoms. The van der Waals surface area contributed by atoms with E-state index in [2.05, 4.69) is 204 Å². The lowest BCUT2D eigenvalue weighted by Gasteiger charge is -2.17. The highest BCUT2D eigenvalue weighted by Gasteiger charge is 2.18. The topological polar surface area (TPSA) is 9.29 Å². The molecule has 0 unspecified atom stereocenters. The molecule has 1 heterocycles. The summed E-state index contributed by atoms with van der Waals surface area (Å²) < 4.78 is 2.42. The molecular formula is C59H34N2. The highest BCUT2D eigenvalue weighted by molar-refractivity contribution is 6.30. The first-order chi connectivity index (χ1) is 30.2. The average molecular weight is 771 g/mol. The van der Waals surface area contributed by atoms with Gasteiger partial charge in [0.05, 0.1) is 17.6 Å². The normalized spacial score (nSPS) is 11.9. The maximum atomic E-state index is 7.42. The van der Waals surface area contributed by atoms with Gasteiger partial charge in [0, 0.05) is 16.5 Å². The Bertz CT molecular complexity index is 3980. The third-order valence-corrected chi connectivity index (χ3v) is 13.1. The summed E-state index contributed by atoms with van der Waals surface area (Å²) in [6.07, 6.45) is 0. The molecule has 0 N–H and O–H groups in total. The molecule has 0 aliphatic carbocycles. The summed E-state index contributed by atoms with van der Waals surface area (Å²) in [5.74, 6) is 0. The van der Waals surface area contributed by atoms with E-state index in [1.54, 1.807) is 0 Å². The van der Waals surface area contributed by atoms with E-state index in [-0.39, 0.29) is 0 Å². The number of benzene rings is 12. The van der Waals surface area contributed by atoms with Crippen LogP contribution in [0.4, 0.5) is 5.69 Å². The second-order valence-electron chi connectivity index (χ2n) is 16.3. The van der Waals surface area contributed by atoms with Gasteiger partial charge in [-0.15, -0.1) is 0 Å². The maximum Gasteiger partial charge on any atom is 0.187 e. The Labute approximate surface area is 351 Å². The Morgan fingerprint density at radius 2 is 0.852 bits per heavy atom. The van der Waals surface area contributed by atoms with Crippen molar-refractivity contribution in [3.05, 3.63) is 218 Å². The Morgan fingerprint density at radius 3 is 1.57 bits per heavy atom. The Balaban J connectivity index is 0.987.